The lowest BCUT2D eigenvalue weighted by atomic mass is 9.95. The third kappa shape index (κ3) is 9.14. The molecule has 1 aliphatic rings. The Kier molecular flexibility index (Phi) is 12.7. The lowest BCUT2D eigenvalue weighted by Crippen LogP contribution is -2.51. The number of esters is 3. The molecule has 0 spiro atoms. The molecule has 2 aromatic heterocycles. The number of aryl methyl sites for hydroxylation is 1. The van der Waals surface area contributed by atoms with E-state index in [1.807, 2.05) is 6.07 Å². The number of unbranched alkanes of at least 4 members (excludes halogenated alkanes) is 7. The van der Waals surface area contributed by atoms with Gasteiger partial charge in [0.25, 0.3) is 0 Å². The zero-order valence-electron chi connectivity index (χ0n) is 30.7. The molecule has 0 bridgehead atoms. The molecule has 0 amide bonds. The van der Waals surface area contributed by atoms with Gasteiger partial charge in [0, 0.05) is 12.6 Å². The summed E-state index contributed by atoms with van der Waals surface area (Å²) in [6, 6.07) is 26.8. The molecular weight excluding hydrogens is 688 g/mol. The summed E-state index contributed by atoms with van der Waals surface area (Å²) in [6.07, 6.45) is 7.75. The van der Waals surface area contributed by atoms with Gasteiger partial charge in [-0.2, -0.15) is 4.98 Å². The molecule has 1 fully saturated rings. The van der Waals surface area contributed by atoms with E-state index in [0.29, 0.717) is 23.1 Å². The lowest BCUT2D eigenvalue weighted by molar-refractivity contribution is -0.111. The summed E-state index contributed by atoms with van der Waals surface area (Å²) in [5.41, 5.74) is -1.63. The van der Waals surface area contributed by atoms with E-state index in [2.05, 4.69) is 11.9 Å². The van der Waals surface area contributed by atoms with Crippen molar-refractivity contribution in [3.05, 3.63) is 136 Å². The number of aromatic nitrogens is 2. The number of ether oxygens (including phenoxy) is 4. The molecule has 1 saturated heterocycles. The quantitative estimate of drug-likeness (QED) is 0.0522. The molecule has 3 heterocycles. The van der Waals surface area contributed by atoms with Crippen LogP contribution in [0.15, 0.2) is 112 Å². The molecule has 5 aromatic rings. The molecule has 3 aromatic carbocycles. The molecule has 11 heteroatoms. The predicted molar refractivity (Wildman–Crippen MR) is 201 cm³/mol. The van der Waals surface area contributed by atoms with Crippen LogP contribution in [-0.4, -0.2) is 51.9 Å². The summed E-state index contributed by atoms with van der Waals surface area (Å²) in [5.74, 6) is -1.41. The van der Waals surface area contributed by atoms with Crippen LogP contribution in [0.3, 0.4) is 0 Å². The topological polar surface area (TPSA) is 136 Å². The highest BCUT2D eigenvalue weighted by atomic mass is 16.7. The van der Waals surface area contributed by atoms with Gasteiger partial charge in [0.1, 0.15) is 18.5 Å². The number of hydrogen-bond donors (Lipinski definition) is 0. The normalized spacial score (nSPS) is 19.4. The number of nitrogens with zero attached hydrogens (tertiary/aromatic N) is 2. The van der Waals surface area contributed by atoms with Crippen molar-refractivity contribution >= 4 is 29.0 Å². The van der Waals surface area contributed by atoms with Crippen molar-refractivity contribution in [2.24, 2.45) is 0 Å². The molecule has 0 unspecified atom stereocenters. The third-order valence-electron chi connectivity index (χ3n) is 9.67. The Hall–Kier alpha value is -5.55. The van der Waals surface area contributed by atoms with Crippen LogP contribution in [0.5, 0.6) is 0 Å². The van der Waals surface area contributed by atoms with Crippen molar-refractivity contribution in [2.75, 3.05) is 6.61 Å². The second-order valence-electron chi connectivity index (χ2n) is 13.8. The molecule has 11 nitrogen and oxygen atoms in total. The number of fused-ring (bicyclic) bond motifs is 1. The number of carbonyl (C=O) groups is 3. The van der Waals surface area contributed by atoms with Crippen LogP contribution in [0, 0.1) is 0 Å². The van der Waals surface area contributed by atoms with Gasteiger partial charge in [0.05, 0.1) is 22.1 Å². The summed E-state index contributed by atoms with van der Waals surface area (Å²) in [7, 11) is 0. The zero-order valence-corrected chi connectivity index (χ0v) is 30.7. The van der Waals surface area contributed by atoms with Gasteiger partial charge in [-0.1, -0.05) is 106 Å². The highest BCUT2D eigenvalue weighted by Crippen LogP contribution is 2.44. The van der Waals surface area contributed by atoms with E-state index in [4.69, 9.17) is 23.4 Å². The van der Waals surface area contributed by atoms with Crippen molar-refractivity contribution in [3.8, 4) is 0 Å². The highest BCUT2D eigenvalue weighted by Gasteiger charge is 2.60. The van der Waals surface area contributed by atoms with Crippen LogP contribution in [0.1, 0.15) is 108 Å². The fraction of sp³-hybridized carbons (Fsp3) is 0.372. The van der Waals surface area contributed by atoms with Crippen molar-refractivity contribution in [3.63, 3.8) is 0 Å². The van der Waals surface area contributed by atoms with Crippen molar-refractivity contribution in [1.82, 2.24) is 9.55 Å². The van der Waals surface area contributed by atoms with Gasteiger partial charge in [0.2, 0.25) is 5.71 Å². The Morgan fingerprint density at radius 1 is 0.759 bits per heavy atom. The summed E-state index contributed by atoms with van der Waals surface area (Å²) < 4.78 is 31.6. The largest absolute Gasteiger partial charge is 0.459 e. The Morgan fingerprint density at radius 2 is 1.31 bits per heavy atom. The fourth-order valence-corrected chi connectivity index (χ4v) is 6.76. The van der Waals surface area contributed by atoms with Crippen molar-refractivity contribution in [1.29, 1.82) is 0 Å². The molecule has 0 saturated carbocycles. The van der Waals surface area contributed by atoms with Crippen LogP contribution in [-0.2, 0) is 25.4 Å². The van der Waals surface area contributed by atoms with E-state index in [-0.39, 0.29) is 16.8 Å². The van der Waals surface area contributed by atoms with Crippen LogP contribution < -0.4 is 5.69 Å². The number of benzene rings is 3. The van der Waals surface area contributed by atoms with Gasteiger partial charge in [0.15, 0.2) is 17.9 Å². The average Bonchev–Trinajstić information content (AvgIpc) is 3.71. The Morgan fingerprint density at radius 3 is 1.93 bits per heavy atom. The smallest absolute Gasteiger partial charge is 0.353 e. The third-order valence-corrected chi connectivity index (χ3v) is 9.67. The Balaban J connectivity index is 1.31. The van der Waals surface area contributed by atoms with E-state index in [0.717, 1.165) is 19.3 Å². The fourth-order valence-electron chi connectivity index (χ4n) is 6.76. The molecule has 4 atom stereocenters. The first-order valence-electron chi connectivity index (χ1n) is 18.7. The number of hydrogen-bond acceptors (Lipinski definition) is 10. The maximum Gasteiger partial charge on any atom is 0.353 e. The minimum absolute atomic E-state index is 0.173. The van der Waals surface area contributed by atoms with E-state index in [1.165, 1.54) is 43.6 Å². The monoisotopic (exact) mass is 734 g/mol. The molecule has 0 N–H and O–H groups in total. The number of furan rings is 1. The minimum Gasteiger partial charge on any atom is -0.459 e. The Labute approximate surface area is 314 Å². The van der Waals surface area contributed by atoms with E-state index in [1.54, 1.807) is 97.2 Å². The average molecular weight is 735 g/mol. The minimum atomic E-state index is -1.83. The van der Waals surface area contributed by atoms with E-state index >= 15 is 0 Å². The molecular formula is C43H46N2O9. The molecule has 0 radical (unpaired) electrons. The molecule has 6 rings (SSSR count). The van der Waals surface area contributed by atoms with Gasteiger partial charge in [-0.3, -0.25) is 4.57 Å². The van der Waals surface area contributed by atoms with Crippen molar-refractivity contribution < 1.29 is 37.7 Å². The Bertz CT molecular complexity index is 2060. The van der Waals surface area contributed by atoms with Gasteiger partial charge in [-0.25, -0.2) is 19.2 Å². The summed E-state index contributed by atoms with van der Waals surface area (Å²) in [6.45, 7) is 3.35. The summed E-state index contributed by atoms with van der Waals surface area (Å²) in [4.78, 5) is 58.4. The first-order chi connectivity index (χ1) is 26.3. The van der Waals surface area contributed by atoms with E-state index in [9.17, 15) is 19.2 Å². The van der Waals surface area contributed by atoms with Crippen LogP contribution in [0.4, 0.5) is 0 Å². The first-order valence-corrected chi connectivity index (χ1v) is 18.7. The van der Waals surface area contributed by atoms with Crippen LogP contribution in [0.2, 0.25) is 0 Å². The summed E-state index contributed by atoms with van der Waals surface area (Å²) >= 11 is 0. The van der Waals surface area contributed by atoms with Crippen LogP contribution >= 0.6 is 0 Å². The maximum absolute atomic E-state index is 13.8. The number of carbonyl (C=O) groups excluding carboxylic acids is 3. The zero-order chi connectivity index (χ0) is 37.9. The van der Waals surface area contributed by atoms with Crippen molar-refractivity contribution in [2.45, 2.75) is 95.7 Å². The second-order valence-corrected chi connectivity index (χ2v) is 13.8. The van der Waals surface area contributed by atoms with Gasteiger partial charge >= 0.3 is 23.6 Å². The lowest BCUT2D eigenvalue weighted by Gasteiger charge is -2.34. The molecule has 0 aliphatic carbocycles. The highest BCUT2D eigenvalue weighted by molar-refractivity contribution is 5.91. The first kappa shape index (κ1) is 38.2. The van der Waals surface area contributed by atoms with Gasteiger partial charge < -0.3 is 23.4 Å². The SMILES string of the molecule is CCCCCCCCCCc1cc2cn([C@@H]3O[C@H](COC(=O)c4ccccc4)[C@@H](OC(=O)c4ccccc4)[C@@]3(C)OC(=O)c3ccccc3)c(=O)nc2o1. The number of rotatable bonds is 17. The molecule has 1 aliphatic heterocycles. The van der Waals surface area contributed by atoms with Gasteiger partial charge in [-0.15, -0.1) is 0 Å². The summed E-state index contributed by atoms with van der Waals surface area (Å²) in [5, 5.41) is 0.543. The standard InChI is InChI=1S/C43H46N2O9/c1-3-4-5-6-7-8-9-19-26-34-27-33-28-45(42(49)44-37(33)51-34)41-43(2,54-40(48)32-24-17-12-18-25-32)36(53-39(47)31-22-15-11-16-23-31)35(52-41)29-50-38(46)30-20-13-10-14-21-30/h10-18,20-25,27-28,35-36,41H,3-9,19,26,29H2,1-2H3/t35-,36-,41-,43-/m1/s1. The molecule has 54 heavy (non-hydrogen) atoms. The van der Waals surface area contributed by atoms with Gasteiger partial charge in [-0.05, 0) is 55.8 Å². The predicted octanol–water partition coefficient (Wildman–Crippen LogP) is 8.27. The molecule has 282 valence electrons. The second kappa shape index (κ2) is 18.0. The maximum atomic E-state index is 13.8. The van der Waals surface area contributed by atoms with Crippen LogP contribution in [0.25, 0.3) is 11.1 Å². The van der Waals surface area contributed by atoms with E-state index < -0.39 is 54.2 Å².